The van der Waals surface area contributed by atoms with Crippen molar-refractivity contribution >= 4 is 6.03 Å². The van der Waals surface area contributed by atoms with Gasteiger partial charge in [0.1, 0.15) is 0 Å². The number of carbonyl (C=O) groups is 1. The molecule has 0 aromatic heterocycles. The van der Waals surface area contributed by atoms with E-state index >= 15 is 0 Å². The molecule has 0 unspecified atom stereocenters. The highest BCUT2D eigenvalue weighted by Gasteiger charge is 2.15. The molecule has 0 saturated heterocycles. The quantitative estimate of drug-likeness (QED) is 0.615. The van der Waals surface area contributed by atoms with Crippen LogP contribution in [0.15, 0.2) is 0 Å². The number of amides is 2. The summed E-state index contributed by atoms with van der Waals surface area (Å²) in [6.45, 7) is 7.62. The fraction of sp³-hybridized carbons (Fsp3) is 0.889. The van der Waals surface area contributed by atoms with E-state index in [2.05, 4.69) is 10.6 Å². The Kier molecular flexibility index (Phi) is 4.77. The van der Waals surface area contributed by atoms with Gasteiger partial charge in [-0.25, -0.2) is 4.79 Å². The molecule has 0 radical (unpaired) electrons. The number of aliphatic hydroxyl groups is 1. The van der Waals surface area contributed by atoms with E-state index in [1.165, 1.54) is 0 Å². The minimum absolute atomic E-state index is 0.0198. The molecule has 0 aromatic carbocycles. The summed E-state index contributed by atoms with van der Waals surface area (Å²) in [6, 6.07) is -0.379. The highest BCUT2D eigenvalue weighted by Crippen LogP contribution is 1.98. The van der Waals surface area contributed by atoms with Gasteiger partial charge in [0.25, 0.3) is 0 Å². The molecular formula is C9H20N2O2. The second-order valence-corrected chi connectivity index (χ2v) is 4.14. The Morgan fingerprint density at radius 3 is 2.31 bits per heavy atom. The van der Waals surface area contributed by atoms with E-state index in [4.69, 9.17) is 5.11 Å². The summed E-state index contributed by atoms with van der Waals surface area (Å²) >= 11 is 0. The first-order chi connectivity index (χ1) is 5.89. The van der Waals surface area contributed by atoms with Gasteiger partial charge in [0.05, 0.1) is 12.6 Å². The van der Waals surface area contributed by atoms with Crippen LogP contribution in [0.25, 0.3) is 0 Å². The molecule has 0 spiro atoms. The minimum atomic E-state index is -0.238. The summed E-state index contributed by atoms with van der Waals surface area (Å²) in [4.78, 5) is 11.3. The van der Waals surface area contributed by atoms with Gasteiger partial charge >= 0.3 is 6.03 Å². The van der Waals surface area contributed by atoms with Gasteiger partial charge in [-0.1, -0.05) is 6.92 Å². The Bertz CT molecular complexity index is 159. The molecule has 0 aromatic rings. The van der Waals surface area contributed by atoms with E-state index in [1.54, 1.807) is 0 Å². The van der Waals surface area contributed by atoms with Crippen molar-refractivity contribution in [2.45, 2.75) is 45.7 Å². The van der Waals surface area contributed by atoms with Crippen LogP contribution in [-0.4, -0.2) is 29.3 Å². The lowest BCUT2D eigenvalue weighted by Crippen LogP contribution is -2.50. The van der Waals surface area contributed by atoms with Crippen LogP contribution in [0.4, 0.5) is 4.79 Å². The van der Waals surface area contributed by atoms with E-state index in [-0.39, 0.29) is 24.2 Å². The third-order valence-electron chi connectivity index (χ3n) is 1.54. The molecule has 0 saturated carbocycles. The SMILES string of the molecule is CC[C@@H](CO)NC(=O)NC(C)(C)C. The Balaban J connectivity index is 3.86. The maximum absolute atomic E-state index is 11.3. The van der Waals surface area contributed by atoms with Crippen LogP contribution in [0.5, 0.6) is 0 Å². The zero-order chi connectivity index (χ0) is 10.5. The van der Waals surface area contributed by atoms with E-state index in [0.717, 1.165) is 6.42 Å². The van der Waals surface area contributed by atoms with Crippen molar-refractivity contribution in [3.63, 3.8) is 0 Å². The van der Waals surface area contributed by atoms with Crippen LogP contribution in [0, 0.1) is 0 Å². The first kappa shape index (κ1) is 12.2. The average molecular weight is 188 g/mol. The van der Waals surface area contributed by atoms with Crippen LogP contribution in [0.3, 0.4) is 0 Å². The van der Waals surface area contributed by atoms with Crippen LogP contribution in [0.2, 0.25) is 0 Å². The normalized spacial score (nSPS) is 13.6. The highest BCUT2D eigenvalue weighted by molar-refractivity contribution is 5.74. The number of nitrogens with one attached hydrogen (secondary N) is 2. The summed E-state index contributed by atoms with van der Waals surface area (Å²) in [5.74, 6) is 0. The molecular weight excluding hydrogens is 168 g/mol. The lowest BCUT2D eigenvalue weighted by molar-refractivity contribution is 0.208. The molecule has 0 aliphatic rings. The van der Waals surface area contributed by atoms with Crippen LogP contribution < -0.4 is 10.6 Å². The van der Waals surface area contributed by atoms with E-state index < -0.39 is 0 Å². The van der Waals surface area contributed by atoms with Gasteiger partial charge in [0, 0.05) is 5.54 Å². The Morgan fingerprint density at radius 2 is 2.00 bits per heavy atom. The Hall–Kier alpha value is -0.770. The predicted octanol–water partition coefficient (Wildman–Crippen LogP) is 0.855. The second-order valence-electron chi connectivity index (χ2n) is 4.14. The number of urea groups is 1. The van der Waals surface area contributed by atoms with Gasteiger partial charge in [-0.05, 0) is 27.2 Å². The van der Waals surface area contributed by atoms with Crippen LogP contribution in [-0.2, 0) is 0 Å². The maximum Gasteiger partial charge on any atom is 0.315 e. The lowest BCUT2D eigenvalue weighted by atomic mass is 10.1. The predicted molar refractivity (Wildman–Crippen MR) is 52.6 cm³/mol. The van der Waals surface area contributed by atoms with Crippen molar-refractivity contribution in [1.29, 1.82) is 0 Å². The monoisotopic (exact) mass is 188 g/mol. The molecule has 0 aliphatic carbocycles. The molecule has 1 atom stereocenters. The van der Waals surface area contributed by atoms with Gasteiger partial charge in [0.15, 0.2) is 0 Å². The van der Waals surface area contributed by atoms with E-state index in [9.17, 15) is 4.79 Å². The second kappa shape index (κ2) is 5.07. The Labute approximate surface area is 79.7 Å². The molecule has 0 aliphatic heterocycles. The molecule has 78 valence electrons. The van der Waals surface area contributed by atoms with Crippen LogP contribution >= 0.6 is 0 Å². The zero-order valence-electron chi connectivity index (χ0n) is 8.85. The fourth-order valence-corrected chi connectivity index (χ4v) is 0.839. The highest BCUT2D eigenvalue weighted by atomic mass is 16.3. The molecule has 4 heteroatoms. The smallest absolute Gasteiger partial charge is 0.315 e. The van der Waals surface area contributed by atoms with Gasteiger partial charge in [-0.15, -0.1) is 0 Å². The number of carbonyl (C=O) groups excluding carboxylic acids is 1. The molecule has 13 heavy (non-hydrogen) atoms. The Morgan fingerprint density at radius 1 is 1.46 bits per heavy atom. The standard InChI is InChI=1S/C9H20N2O2/c1-5-7(6-12)10-8(13)11-9(2,3)4/h7,12H,5-6H2,1-4H3,(H2,10,11,13)/t7-/m0/s1. The zero-order valence-corrected chi connectivity index (χ0v) is 8.85. The minimum Gasteiger partial charge on any atom is -0.394 e. The van der Waals surface area contributed by atoms with Crippen LogP contribution in [0.1, 0.15) is 34.1 Å². The molecule has 0 bridgehead atoms. The number of rotatable bonds is 3. The average Bonchev–Trinajstić information content (AvgIpc) is 1.96. The molecule has 0 rings (SSSR count). The van der Waals surface area contributed by atoms with Gasteiger partial charge < -0.3 is 15.7 Å². The van der Waals surface area contributed by atoms with Crippen molar-refractivity contribution in [1.82, 2.24) is 10.6 Å². The number of hydrogen-bond donors (Lipinski definition) is 3. The van der Waals surface area contributed by atoms with Crippen molar-refractivity contribution in [3.8, 4) is 0 Å². The van der Waals surface area contributed by atoms with Crippen molar-refractivity contribution in [2.75, 3.05) is 6.61 Å². The van der Waals surface area contributed by atoms with E-state index in [1.807, 2.05) is 27.7 Å². The largest absolute Gasteiger partial charge is 0.394 e. The van der Waals surface area contributed by atoms with Crippen molar-refractivity contribution < 1.29 is 9.90 Å². The maximum atomic E-state index is 11.3. The molecule has 4 nitrogen and oxygen atoms in total. The summed E-state index contributed by atoms with van der Waals surface area (Å²) in [5.41, 5.74) is -0.238. The third kappa shape index (κ3) is 6.40. The summed E-state index contributed by atoms with van der Waals surface area (Å²) in [5, 5.41) is 14.3. The van der Waals surface area contributed by atoms with E-state index in [0.29, 0.717) is 0 Å². The molecule has 3 N–H and O–H groups in total. The lowest BCUT2D eigenvalue weighted by Gasteiger charge is -2.23. The first-order valence-electron chi connectivity index (χ1n) is 4.58. The number of hydrogen-bond acceptors (Lipinski definition) is 2. The first-order valence-corrected chi connectivity index (χ1v) is 4.58. The summed E-state index contributed by atoms with van der Waals surface area (Å²) < 4.78 is 0. The topological polar surface area (TPSA) is 61.4 Å². The molecule has 0 heterocycles. The van der Waals surface area contributed by atoms with Gasteiger partial charge in [0.2, 0.25) is 0 Å². The third-order valence-corrected chi connectivity index (χ3v) is 1.54. The summed E-state index contributed by atoms with van der Waals surface area (Å²) in [6.07, 6.45) is 0.730. The van der Waals surface area contributed by atoms with Crippen molar-refractivity contribution in [2.24, 2.45) is 0 Å². The number of aliphatic hydroxyl groups excluding tert-OH is 1. The fourth-order valence-electron chi connectivity index (χ4n) is 0.839. The van der Waals surface area contributed by atoms with Gasteiger partial charge in [-0.2, -0.15) is 0 Å². The summed E-state index contributed by atoms with van der Waals surface area (Å²) in [7, 11) is 0. The molecule has 2 amide bonds. The van der Waals surface area contributed by atoms with Gasteiger partial charge in [-0.3, -0.25) is 0 Å². The molecule has 0 fully saturated rings. The van der Waals surface area contributed by atoms with Crippen molar-refractivity contribution in [3.05, 3.63) is 0 Å².